The van der Waals surface area contributed by atoms with E-state index in [0.717, 1.165) is 64.2 Å². The molecule has 12 heteroatoms. The minimum atomic E-state index is -4.74. The van der Waals surface area contributed by atoms with Crippen LogP contribution in [0.4, 0.5) is 0 Å². The van der Waals surface area contributed by atoms with E-state index in [9.17, 15) is 19.0 Å². The van der Waals surface area contributed by atoms with Crippen molar-refractivity contribution in [2.75, 3.05) is 26.4 Å². The van der Waals surface area contributed by atoms with Gasteiger partial charge in [-0.1, -0.05) is 162 Å². The van der Waals surface area contributed by atoms with Crippen molar-refractivity contribution in [1.82, 2.24) is 0 Å². The third kappa shape index (κ3) is 32.2. The first kappa shape index (κ1) is 52.0. The van der Waals surface area contributed by atoms with Gasteiger partial charge in [-0.25, -0.2) is 0 Å². The molecule has 4 atom stereocenters. The number of rotatable bonds is 37. The van der Waals surface area contributed by atoms with E-state index < -0.39 is 38.6 Å². The summed E-state index contributed by atoms with van der Waals surface area (Å²) in [6.45, 7) is 5.81. The predicted octanol–water partition coefficient (Wildman–Crippen LogP) is 7.67. The Morgan fingerprint density at radius 2 is 1.08 bits per heavy atom. The zero-order valence-corrected chi connectivity index (χ0v) is 36.8. The summed E-state index contributed by atoms with van der Waals surface area (Å²) in [7, 11) is -4.74. The van der Waals surface area contributed by atoms with Gasteiger partial charge in [0.15, 0.2) is 12.4 Å². The Morgan fingerprint density at radius 1 is 0.635 bits per heavy atom. The molecular formula is C40H76NaO10P. The normalized spacial score (nSPS) is 17.4. The molecule has 0 amide bonds. The first-order valence-corrected chi connectivity index (χ1v) is 22.5. The summed E-state index contributed by atoms with van der Waals surface area (Å²) in [5.41, 5.74) is 0. The molecule has 0 aromatic carbocycles. The fourth-order valence-corrected chi connectivity index (χ4v) is 6.95. The molecule has 1 aliphatic heterocycles. The van der Waals surface area contributed by atoms with Crippen molar-refractivity contribution in [3.05, 3.63) is 0 Å². The van der Waals surface area contributed by atoms with Crippen molar-refractivity contribution in [2.45, 2.75) is 219 Å². The number of unbranched alkanes of at least 4 members (excludes halogenated alkanes) is 22. The first-order chi connectivity index (χ1) is 24.8. The van der Waals surface area contributed by atoms with Gasteiger partial charge in [0.25, 0.3) is 7.82 Å². The molecule has 0 spiro atoms. The Balaban J connectivity index is 0.0000260. The van der Waals surface area contributed by atoms with Crippen LogP contribution in [0.5, 0.6) is 0 Å². The van der Waals surface area contributed by atoms with Gasteiger partial charge in [-0.3, -0.25) is 14.2 Å². The molecule has 10 nitrogen and oxygen atoms in total. The number of phosphoric acid groups is 1. The molecule has 0 radical (unpaired) electrons. The Hall–Kier alpha value is -0.0300. The van der Waals surface area contributed by atoms with E-state index in [4.69, 9.17) is 28.0 Å². The van der Waals surface area contributed by atoms with Gasteiger partial charge in [-0.15, -0.1) is 0 Å². The number of esters is 2. The molecule has 1 heterocycles. The minimum absolute atomic E-state index is 0. The molecule has 0 N–H and O–H groups in total. The second kappa shape index (κ2) is 36.6. The average molecular weight is 771 g/mol. The third-order valence-electron chi connectivity index (χ3n) is 9.39. The van der Waals surface area contributed by atoms with Crippen LogP contribution in [0, 0.1) is 0 Å². The molecule has 0 aliphatic carbocycles. The summed E-state index contributed by atoms with van der Waals surface area (Å²) in [5, 5.41) is 0. The number of phosphoric ester groups is 1. The second-order valence-electron chi connectivity index (χ2n) is 14.4. The summed E-state index contributed by atoms with van der Waals surface area (Å²) < 4.78 is 45.0. The number of hydrogen-bond donors (Lipinski definition) is 0. The molecule has 0 saturated carbocycles. The molecule has 1 rings (SSSR count). The minimum Gasteiger partial charge on any atom is -0.756 e. The number of hydrogen-bond acceptors (Lipinski definition) is 10. The Morgan fingerprint density at radius 3 is 1.58 bits per heavy atom. The largest absolute Gasteiger partial charge is 1.00 e. The summed E-state index contributed by atoms with van der Waals surface area (Å²) >= 11 is 0. The van der Waals surface area contributed by atoms with Crippen LogP contribution in [-0.4, -0.2) is 56.9 Å². The summed E-state index contributed by atoms with van der Waals surface area (Å²) in [4.78, 5) is 37.7. The van der Waals surface area contributed by atoms with Crippen LogP contribution in [0.1, 0.15) is 201 Å². The molecule has 52 heavy (non-hydrogen) atoms. The molecule has 1 fully saturated rings. The van der Waals surface area contributed by atoms with Crippen LogP contribution in [-0.2, 0) is 42.1 Å². The summed E-state index contributed by atoms with van der Waals surface area (Å²) in [5.74, 6) is -0.862. The number of ether oxygens (including phenoxy) is 4. The van der Waals surface area contributed by atoms with Crippen LogP contribution in [0.15, 0.2) is 0 Å². The zero-order chi connectivity index (χ0) is 37.3. The SMILES string of the molecule is CCCCCCCCCCCCCC(=O)OC[C@H](COP(=O)([O-])OCC1COC(CCCCC)O1)OC(=O)CCCCCCCCCCCCC.[Na+]. The molecule has 0 aromatic heterocycles. The molecule has 1 saturated heterocycles. The fraction of sp³-hybridized carbons (Fsp3) is 0.950. The van der Waals surface area contributed by atoms with E-state index in [1.54, 1.807) is 0 Å². The van der Waals surface area contributed by atoms with E-state index in [-0.39, 0.29) is 68.5 Å². The van der Waals surface area contributed by atoms with Crippen molar-refractivity contribution in [2.24, 2.45) is 0 Å². The molecule has 1 aliphatic rings. The van der Waals surface area contributed by atoms with Crippen LogP contribution >= 0.6 is 7.82 Å². The van der Waals surface area contributed by atoms with E-state index in [2.05, 4.69) is 20.8 Å². The van der Waals surface area contributed by atoms with Crippen molar-refractivity contribution in [3.8, 4) is 0 Å². The van der Waals surface area contributed by atoms with Crippen molar-refractivity contribution in [1.29, 1.82) is 0 Å². The Kier molecular flexibility index (Phi) is 36.6. The molecule has 0 bridgehead atoms. The Bertz CT molecular complexity index is 879. The Labute approximate surface area is 340 Å². The second-order valence-corrected chi connectivity index (χ2v) is 15.8. The third-order valence-corrected chi connectivity index (χ3v) is 10.3. The van der Waals surface area contributed by atoms with Gasteiger partial charge in [0.05, 0.1) is 19.8 Å². The van der Waals surface area contributed by atoms with Crippen molar-refractivity contribution in [3.63, 3.8) is 0 Å². The first-order valence-electron chi connectivity index (χ1n) is 21.0. The van der Waals surface area contributed by atoms with Crippen LogP contribution < -0.4 is 34.5 Å². The van der Waals surface area contributed by atoms with Gasteiger partial charge >= 0.3 is 41.5 Å². The van der Waals surface area contributed by atoms with Gasteiger partial charge in [-0.2, -0.15) is 0 Å². The molecule has 3 unspecified atom stereocenters. The summed E-state index contributed by atoms with van der Waals surface area (Å²) in [6, 6.07) is 0. The van der Waals surface area contributed by atoms with E-state index in [1.807, 2.05) is 0 Å². The van der Waals surface area contributed by atoms with Gasteiger partial charge in [-0.05, 0) is 25.7 Å². The number of carbonyl (C=O) groups excluding carboxylic acids is 2. The van der Waals surface area contributed by atoms with Gasteiger partial charge in [0.2, 0.25) is 0 Å². The topological polar surface area (TPSA) is 130 Å². The van der Waals surface area contributed by atoms with Crippen LogP contribution in [0.3, 0.4) is 0 Å². The fourth-order valence-electron chi connectivity index (χ4n) is 6.18. The van der Waals surface area contributed by atoms with Crippen LogP contribution in [0.2, 0.25) is 0 Å². The van der Waals surface area contributed by atoms with E-state index in [1.165, 1.54) is 96.3 Å². The van der Waals surface area contributed by atoms with Crippen molar-refractivity contribution >= 4 is 19.8 Å². The molecule has 302 valence electrons. The van der Waals surface area contributed by atoms with Crippen molar-refractivity contribution < 1.29 is 76.6 Å². The smallest absolute Gasteiger partial charge is 0.756 e. The maximum absolute atomic E-state index is 12.7. The maximum Gasteiger partial charge on any atom is 1.00 e. The zero-order valence-electron chi connectivity index (χ0n) is 33.9. The van der Waals surface area contributed by atoms with E-state index >= 15 is 0 Å². The molecule has 0 aromatic rings. The monoisotopic (exact) mass is 771 g/mol. The maximum atomic E-state index is 12.7. The quantitative estimate of drug-likeness (QED) is 0.0269. The van der Waals surface area contributed by atoms with E-state index in [0.29, 0.717) is 6.42 Å². The number of carbonyl (C=O) groups is 2. The summed E-state index contributed by atoms with van der Waals surface area (Å²) in [6.07, 6.45) is 28.3. The van der Waals surface area contributed by atoms with Gasteiger partial charge < -0.3 is 32.9 Å². The van der Waals surface area contributed by atoms with Crippen LogP contribution in [0.25, 0.3) is 0 Å². The molecular weight excluding hydrogens is 694 g/mol. The predicted molar refractivity (Wildman–Crippen MR) is 201 cm³/mol. The van der Waals surface area contributed by atoms with Gasteiger partial charge in [0.1, 0.15) is 12.7 Å². The average Bonchev–Trinajstić information content (AvgIpc) is 3.57. The standard InChI is InChI=1S/C40H77O10P.Na/c1-4-7-10-12-14-16-18-20-22-24-27-29-38(41)45-32-36(49-39(42)30-28-25-23-21-19-17-15-13-11-8-5-2)34-47-51(43,44)48-35-37-33-46-40(50-37)31-26-9-6-3;/h36-37,40H,4-35H2,1-3H3,(H,43,44);/q;+1/p-1/t36-,37?,40?;/m1./s1. The van der Waals surface area contributed by atoms with Gasteiger partial charge in [0, 0.05) is 12.8 Å².